The van der Waals surface area contributed by atoms with Crippen molar-refractivity contribution in [3.63, 3.8) is 0 Å². The van der Waals surface area contributed by atoms with Crippen molar-refractivity contribution in [1.82, 2.24) is 9.55 Å². The van der Waals surface area contributed by atoms with Crippen molar-refractivity contribution in [3.8, 4) is 0 Å². The summed E-state index contributed by atoms with van der Waals surface area (Å²) in [6, 6.07) is 0. The first-order chi connectivity index (χ1) is 9.11. The van der Waals surface area contributed by atoms with Gasteiger partial charge in [0, 0.05) is 25.4 Å². The van der Waals surface area contributed by atoms with Crippen LogP contribution in [-0.2, 0) is 37.0 Å². The molecule has 8 heteroatoms. The van der Waals surface area contributed by atoms with Crippen LogP contribution in [-0.4, -0.2) is 40.3 Å². The molecule has 0 aliphatic carbocycles. The third-order valence-electron chi connectivity index (χ3n) is 4.30. The van der Waals surface area contributed by atoms with E-state index in [9.17, 15) is 4.79 Å². The van der Waals surface area contributed by atoms with Crippen LogP contribution in [0.25, 0.3) is 0 Å². The number of ether oxygens (including phenoxy) is 1. The molecule has 1 aromatic rings. The summed E-state index contributed by atoms with van der Waals surface area (Å²) in [4.78, 5) is 16.2. The third-order valence-corrected chi connectivity index (χ3v) is 4.30. The SMILES string of the molecule is CC[C@@]12OB3OC(OC1=O)[C@]2(Cc1cncn1C)O3. The van der Waals surface area contributed by atoms with Gasteiger partial charge in [0.05, 0.1) is 6.33 Å². The van der Waals surface area contributed by atoms with Gasteiger partial charge in [-0.15, -0.1) is 0 Å². The number of esters is 1. The minimum Gasteiger partial charge on any atom is -0.432 e. The molecule has 0 aromatic carbocycles. The van der Waals surface area contributed by atoms with Crippen molar-refractivity contribution in [1.29, 1.82) is 0 Å². The monoisotopic (exact) mass is 264 g/mol. The summed E-state index contributed by atoms with van der Waals surface area (Å²) in [6.45, 7) is 1.89. The molecule has 0 N–H and O–H groups in total. The summed E-state index contributed by atoms with van der Waals surface area (Å²) in [7, 11) is 1.08. The molecule has 1 unspecified atom stereocenters. The van der Waals surface area contributed by atoms with Crippen LogP contribution in [0.2, 0.25) is 0 Å². The van der Waals surface area contributed by atoms with Gasteiger partial charge in [0.2, 0.25) is 6.29 Å². The molecule has 3 saturated heterocycles. The van der Waals surface area contributed by atoms with E-state index in [-0.39, 0.29) is 0 Å². The van der Waals surface area contributed by atoms with E-state index in [0.29, 0.717) is 12.8 Å². The zero-order valence-electron chi connectivity index (χ0n) is 10.7. The number of hydrogen-bond donors (Lipinski definition) is 0. The fourth-order valence-corrected chi connectivity index (χ4v) is 3.22. The molecule has 1 aromatic heterocycles. The van der Waals surface area contributed by atoms with Gasteiger partial charge in [-0.05, 0) is 6.42 Å². The van der Waals surface area contributed by atoms with E-state index in [1.807, 2.05) is 18.5 Å². The number of aryl methyl sites for hydroxylation is 1. The molecule has 19 heavy (non-hydrogen) atoms. The van der Waals surface area contributed by atoms with Crippen LogP contribution in [0, 0.1) is 0 Å². The van der Waals surface area contributed by atoms with Crippen molar-refractivity contribution < 1.29 is 23.5 Å². The van der Waals surface area contributed by atoms with Crippen LogP contribution in [0.3, 0.4) is 0 Å². The Hall–Kier alpha value is -1.38. The summed E-state index contributed by atoms with van der Waals surface area (Å²) < 4.78 is 24.0. The highest BCUT2D eigenvalue weighted by Crippen LogP contribution is 2.56. The Kier molecular flexibility index (Phi) is 2.04. The summed E-state index contributed by atoms with van der Waals surface area (Å²) in [6.07, 6.45) is 3.70. The number of rotatable bonds is 3. The first-order valence-corrected chi connectivity index (χ1v) is 6.29. The number of imidazole rings is 1. The lowest BCUT2D eigenvalue weighted by molar-refractivity contribution is -0.154. The van der Waals surface area contributed by atoms with E-state index in [4.69, 9.17) is 18.7 Å². The van der Waals surface area contributed by atoms with Gasteiger partial charge in [0.25, 0.3) is 0 Å². The van der Waals surface area contributed by atoms with Crippen LogP contribution in [0.4, 0.5) is 0 Å². The third kappa shape index (κ3) is 1.15. The zero-order chi connectivity index (χ0) is 13.3. The molecule has 3 aliphatic heterocycles. The molecular weight excluding hydrogens is 251 g/mol. The molecule has 0 amide bonds. The highest BCUT2D eigenvalue weighted by Gasteiger charge is 2.81. The predicted octanol–water partition coefficient (Wildman–Crippen LogP) is -0.205. The molecule has 100 valence electrons. The molecular formula is C11H13BN2O5. The first kappa shape index (κ1) is 11.5. The lowest BCUT2D eigenvalue weighted by Crippen LogP contribution is -2.58. The van der Waals surface area contributed by atoms with Crippen LogP contribution in [0.1, 0.15) is 19.0 Å². The number of carbonyl (C=O) groups is 1. The fraction of sp³-hybridized carbons (Fsp3) is 0.636. The van der Waals surface area contributed by atoms with E-state index in [2.05, 4.69) is 4.98 Å². The number of aromatic nitrogens is 2. The predicted molar refractivity (Wildman–Crippen MR) is 61.6 cm³/mol. The summed E-state index contributed by atoms with van der Waals surface area (Å²) in [5.41, 5.74) is -1.03. The van der Waals surface area contributed by atoms with Crippen molar-refractivity contribution in [2.75, 3.05) is 0 Å². The molecule has 2 bridgehead atoms. The maximum Gasteiger partial charge on any atom is 0.643 e. The standard InChI is InChI=1S/C11H13BN2O5/c1-3-10-8(15)16-9-11(10,19-12(17-9)18-10)4-7-5-13-6-14(7)2/h5-6,9H,3-4H2,1-2H3/t9?,10-,11+/m1/s1. The number of hydrogen-bond acceptors (Lipinski definition) is 6. The molecule has 0 saturated carbocycles. The molecule has 3 fully saturated rings. The summed E-state index contributed by atoms with van der Waals surface area (Å²) in [5, 5.41) is 0. The lowest BCUT2D eigenvalue weighted by atomic mass is 9.79. The van der Waals surface area contributed by atoms with Crippen molar-refractivity contribution in [3.05, 3.63) is 18.2 Å². The minimum absolute atomic E-state index is 0.401. The Morgan fingerprint density at radius 2 is 2.37 bits per heavy atom. The Balaban J connectivity index is 1.80. The largest absolute Gasteiger partial charge is 0.643 e. The van der Waals surface area contributed by atoms with Gasteiger partial charge in [-0.25, -0.2) is 9.78 Å². The van der Waals surface area contributed by atoms with Gasteiger partial charge in [-0.2, -0.15) is 0 Å². The second kappa shape index (κ2) is 3.39. The zero-order valence-corrected chi connectivity index (χ0v) is 10.7. The quantitative estimate of drug-likeness (QED) is 0.556. The number of carbonyl (C=O) groups excluding carboxylic acids is 1. The molecule has 0 radical (unpaired) electrons. The first-order valence-electron chi connectivity index (χ1n) is 6.29. The van der Waals surface area contributed by atoms with Crippen molar-refractivity contribution >= 4 is 13.3 Å². The maximum absolute atomic E-state index is 12.1. The Labute approximate surface area is 110 Å². The normalized spacial score (nSPS) is 39.2. The molecule has 3 aliphatic rings. The minimum atomic E-state index is -1.06. The Bertz CT molecular complexity index is 563. The highest BCUT2D eigenvalue weighted by molar-refractivity contribution is 6.40. The van der Waals surface area contributed by atoms with Gasteiger partial charge < -0.3 is 23.3 Å². The van der Waals surface area contributed by atoms with Crippen molar-refractivity contribution in [2.24, 2.45) is 7.05 Å². The summed E-state index contributed by atoms with van der Waals surface area (Å²) >= 11 is 0. The van der Waals surface area contributed by atoms with E-state index in [0.717, 1.165) is 5.69 Å². The van der Waals surface area contributed by atoms with E-state index >= 15 is 0 Å². The lowest BCUT2D eigenvalue weighted by Gasteiger charge is -2.35. The molecule has 0 spiro atoms. The fourth-order valence-electron chi connectivity index (χ4n) is 3.22. The van der Waals surface area contributed by atoms with Crippen LogP contribution >= 0.6 is 0 Å². The average molecular weight is 264 g/mol. The molecule has 4 rings (SSSR count). The Morgan fingerprint density at radius 1 is 1.53 bits per heavy atom. The molecule has 7 nitrogen and oxygen atoms in total. The van der Waals surface area contributed by atoms with Gasteiger partial charge >= 0.3 is 13.3 Å². The van der Waals surface area contributed by atoms with Crippen molar-refractivity contribution in [2.45, 2.75) is 37.3 Å². The second-order valence-electron chi connectivity index (χ2n) is 5.14. The van der Waals surface area contributed by atoms with E-state index in [1.165, 1.54) is 0 Å². The van der Waals surface area contributed by atoms with Gasteiger partial charge in [-0.1, -0.05) is 6.92 Å². The van der Waals surface area contributed by atoms with Gasteiger partial charge in [-0.3, -0.25) is 0 Å². The topological polar surface area (TPSA) is 71.8 Å². The van der Waals surface area contributed by atoms with Crippen LogP contribution in [0.15, 0.2) is 12.5 Å². The number of nitrogens with zero attached hydrogens (tertiary/aromatic N) is 2. The smallest absolute Gasteiger partial charge is 0.432 e. The van der Waals surface area contributed by atoms with E-state index < -0.39 is 30.8 Å². The molecule has 4 heterocycles. The second-order valence-corrected chi connectivity index (χ2v) is 5.14. The highest BCUT2D eigenvalue weighted by atomic mass is 16.9. The van der Waals surface area contributed by atoms with E-state index in [1.54, 1.807) is 12.5 Å². The Morgan fingerprint density at radius 3 is 3.05 bits per heavy atom. The maximum atomic E-state index is 12.1. The van der Waals surface area contributed by atoms with Crippen LogP contribution < -0.4 is 0 Å². The molecule has 3 atom stereocenters. The number of fused-ring (bicyclic) bond motifs is 1. The average Bonchev–Trinajstić information content (AvgIpc) is 3.03. The van der Waals surface area contributed by atoms with Gasteiger partial charge in [0.1, 0.15) is 0 Å². The van der Waals surface area contributed by atoms with Gasteiger partial charge in [0.15, 0.2) is 11.2 Å². The summed E-state index contributed by atoms with van der Waals surface area (Å²) in [5.74, 6) is -0.401. The van der Waals surface area contributed by atoms with Crippen LogP contribution in [0.5, 0.6) is 0 Å².